The van der Waals surface area contributed by atoms with Crippen molar-refractivity contribution in [2.75, 3.05) is 18.8 Å². The molecule has 1 aliphatic rings. The molecular formula is C24H26FN5O. The van der Waals surface area contributed by atoms with E-state index < -0.39 is 6.10 Å². The van der Waals surface area contributed by atoms with E-state index in [1.165, 1.54) is 12.1 Å². The highest BCUT2D eigenvalue weighted by Gasteiger charge is 2.22. The van der Waals surface area contributed by atoms with Gasteiger partial charge in [-0.15, -0.1) is 0 Å². The van der Waals surface area contributed by atoms with Gasteiger partial charge in [0.1, 0.15) is 11.9 Å². The topological polar surface area (TPSA) is 99.1 Å². The largest absolute Gasteiger partial charge is 0.482 e. The molecule has 2 aromatic heterocycles. The van der Waals surface area contributed by atoms with E-state index in [9.17, 15) is 4.39 Å². The van der Waals surface area contributed by atoms with Crippen molar-refractivity contribution >= 4 is 11.5 Å². The second-order valence-electron chi connectivity index (χ2n) is 7.49. The van der Waals surface area contributed by atoms with Crippen LogP contribution in [0.3, 0.4) is 0 Å². The van der Waals surface area contributed by atoms with Crippen molar-refractivity contribution in [1.29, 1.82) is 0 Å². The van der Waals surface area contributed by atoms with E-state index in [1.54, 1.807) is 18.5 Å². The number of hydrogen-bond donors (Lipinski definition) is 3. The van der Waals surface area contributed by atoms with Gasteiger partial charge in [-0.3, -0.25) is 4.98 Å². The molecule has 160 valence electrons. The van der Waals surface area contributed by atoms with Crippen LogP contribution in [0.25, 0.3) is 16.8 Å². The molecule has 0 saturated heterocycles. The zero-order chi connectivity index (χ0) is 22.0. The molecule has 6 nitrogen and oxygen atoms in total. The van der Waals surface area contributed by atoms with Crippen molar-refractivity contribution in [3.63, 3.8) is 0 Å². The fourth-order valence-corrected chi connectivity index (χ4v) is 3.95. The summed E-state index contributed by atoms with van der Waals surface area (Å²) in [5.41, 5.74) is 18.4. The molecule has 0 radical (unpaired) electrons. The number of anilines is 1. The predicted octanol–water partition coefficient (Wildman–Crippen LogP) is 3.84. The van der Waals surface area contributed by atoms with E-state index in [4.69, 9.17) is 16.2 Å². The molecule has 4 rings (SSSR count). The van der Waals surface area contributed by atoms with Crippen LogP contribution in [0.5, 0.6) is 5.75 Å². The van der Waals surface area contributed by atoms with Crippen LogP contribution in [0.15, 0.2) is 54.4 Å². The molecule has 2 bridgehead atoms. The summed E-state index contributed by atoms with van der Waals surface area (Å²) in [7, 11) is 0. The van der Waals surface area contributed by atoms with Crippen LogP contribution >= 0.6 is 0 Å². The minimum Gasteiger partial charge on any atom is -0.482 e. The lowest BCUT2D eigenvalue weighted by molar-refractivity contribution is 0.227. The third-order valence-corrected chi connectivity index (χ3v) is 5.44. The quantitative estimate of drug-likeness (QED) is 0.597. The van der Waals surface area contributed by atoms with Crippen molar-refractivity contribution in [2.24, 2.45) is 5.73 Å². The number of hydrogen-bond acceptors (Lipinski definition) is 6. The predicted molar refractivity (Wildman–Crippen MR) is 121 cm³/mol. The average Bonchev–Trinajstić information content (AvgIpc) is 2.77. The van der Waals surface area contributed by atoms with Gasteiger partial charge in [-0.1, -0.05) is 12.1 Å². The van der Waals surface area contributed by atoms with Gasteiger partial charge in [0.2, 0.25) is 0 Å². The molecule has 3 heterocycles. The number of nitrogen functional groups attached to an aromatic ring is 1. The first-order valence-electron chi connectivity index (χ1n) is 10.3. The van der Waals surface area contributed by atoms with Crippen molar-refractivity contribution in [1.82, 2.24) is 15.3 Å². The van der Waals surface area contributed by atoms with Gasteiger partial charge in [-0.25, -0.2) is 9.37 Å². The number of nitrogens with zero attached hydrogens (tertiary/aromatic N) is 2. The lowest BCUT2D eigenvalue weighted by Crippen LogP contribution is -2.20. The fraction of sp³-hybridized carbons (Fsp3) is 0.250. The minimum absolute atomic E-state index is 0.276. The van der Waals surface area contributed by atoms with Crippen LogP contribution in [0.2, 0.25) is 0 Å². The Balaban J connectivity index is 2.02. The minimum atomic E-state index is -0.460. The molecule has 7 heteroatoms. The number of pyridine rings is 2. The fourth-order valence-electron chi connectivity index (χ4n) is 3.95. The molecule has 1 aromatic carbocycles. The Morgan fingerprint density at radius 2 is 2.03 bits per heavy atom. The lowest BCUT2D eigenvalue weighted by atomic mass is 9.92. The Kier molecular flexibility index (Phi) is 5.86. The maximum Gasteiger partial charge on any atom is 0.166 e. The molecular weight excluding hydrogens is 393 g/mol. The molecule has 1 atom stereocenters. The van der Waals surface area contributed by atoms with Crippen molar-refractivity contribution in [3.05, 3.63) is 77.0 Å². The highest BCUT2D eigenvalue weighted by molar-refractivity contribution is 5.74. The standard InChI is InChI=1S/C24H26FN5O/c1-3-28-23-15(12-26)9-21-19(5-4-8-29-21)18-7-6-17(25)11-20(18)14(2)31-22-10-16(23)13-30-24(22)27/h4-8,10-11,13-14,28H,3,9,12,26H2,1-2H3,(H2,27,30)/b23-15-. The molecule has 1 aliphatic heterocycles. The molecule has 5 N–H and O–H groups in total. The van der Waals surface area contributed by atoms with Crippen LogP contribution in [-0.2, 0) is 6.42 Å². The lowest BCUT2D eigenvalue weighted by Gasteiger charge is -2.23. The maximum absolute atomic E-state index is 14.2. The number of aromatic nitrogens is 2. The van der Waals surface area contributed by atoms with Gasteiger partial charge in [0.15, 0.2) is 11.6 Å². The van der Waals surface area contributed by atoms with E-state index in [2.05, 4.69) is 15.3 Å². The third-order valence-electron chi connectivity index (χ3n) is 5.44. The summed E-state index contributed by atoms with van der Waals surface area (Å²) in [6, 6.07) is 10.4. The zero-order valence-electron chi connectivity index (χ0n) is 17.7. The molecule has 0 aliphatic carbocycles. The molecule has 0 saturated carbocycles. The van der Waals surface area contributed by atoms with Gasteiger partial charge in [0.05, 0.1) is 5.69 Å². The van der Waals surface area contributed by atoms with Crippen LogP contribution < -0.4 is 21.5 Å². The summed E-state index contributed by atoms with van der Waals surface area (Å²) in [4.78, 5) is 8.97. The molecule has 0 spiro atoms. The Bertz CT molecular complexity index is 1140. The number of nitrogens with two attached hydrogens (primary N) is 2. The Morgan fingerprint density at radius 1 is 1.19 bits per heavy atom. The maximum atomic E-state index is 14.2. The first-order chi connectivity index (χ1) is 15.0. The summed E-state index contributed by atoms with van der Waals surface area (Å²) in [6.07, 6.45) is 3.55. The first kappa shape index (κ1) is 20.8. The molecule has 3 aromatic rings. The number of nitrogens with one attached hydrogen (secondary N) is 1. The number of fused-ring (bicyclic) bond motifs is 5. The number of benzene rings is 1. The van der Waals surface area contributed by atoms with Crippen LogP contribution in [0.1, 0.15) is 36.8 Å². The van der Waals surface area contributed by atoms with Gasteiger partial charge in [-0.05, 0) is 49.2 Å². The molecule has 31 heavy (non-hydrogen) atoms. The van der Waals surface area contributed by atoms with Crippen molar-refractivity contribution in [3.8, 4) is 16.9 Å². The van der Waals surface area contributed by atoms with Crippen LogP contribution in [0, 0.1) is 5.82 Å². The van der Waals surface area contributed by atoms with Gasteiger partial charge < -0.3 is 21.5 Å². The molecule has 1 unspecified atom stereocenters. The van der Waals surface area contributed by atoms with Gasteiger partial charge in [0.25, 0.3) is 0 Å². The van der Waals surface area contributed by atoms with Gasteiger partial charge in [0, 0.05) is 54.3 Å². The molecule has 0 fully saturated rings. The monoisotopic (exact) mass is 419 g/mol. The SMILES string of the molecule is CCN/C1=C(\CN)Cc2ncccc2-c2ccc(F)cc2C(C)Oc2cc1cnc2N. The summed E-state index contributed by atoms with van der Waals surface area (Å²) >= 11 is 0. The van der Waals surface area contributed by atoms with Gasteiger partial charge >= 0.3 is 0 Å². The Morgan fingerprint density at radius 3 is 2.81 bits per heavy atom. The van der Waals surface area contributed by atoms with Crippen LogP contribution in [-0.4, -0.2) is 23.1 Å². The highest BCUT2D eigenvalue weighted by atomic mass is 19.1. The van der Waals surface area contributed by atoms with E-state index >= 15 is 0 Å². The summed E-state index contributed by atoms with van der Waals surface area (Å²) in [6.45, 7) is 4.95. The second-order valence-corrected chi connectivity index (χ2v) is 7.49. The molecule has 0 amide bonds. The summed E-state index contributed by atoms with van der Waals surface area (Å²) in [5, 5.41) is 3.42. The Labute approximate surface area is 181 Å². The van der Waals surface area contributed by atoms with Crippen LogP contribution in [0.4, 0.5) is 10.2 Å². The van der Waals surface area contributed by atoms with E-state index in [1.807, 2.05) is 32.0 Å². The zero-order valence-corrected chi connectivity index (χ0v) is 17.7. The van der Waals surface area contributed by atoms with E-state index in [0.29, 0.717) is 30.8 Å². The van der Waals surface area contributed by atoms with E-state index in [-0.39, 0.29) is 11.6 Å². The van der Waals surface area contributed by atoms with Crippen molar-refractivity contribution < 1.29 is 9.13 Å². The van der Waals surface area contributed by atoms with Gasteiger partial charge in [-0.2, -0.15) is 0 Å². The first-order valence-corrected chi connectivity index (χ1v) is 10.3. The summed E-state index contributed by atoms with van der Waals surface area (Å²) < 4.78 is 20.4. The third kappa shape index (κ3) is 4.09. The van der Waals surface area contributed by atoms with E-state index in [0.717, 1.165) is 33.7 Å². The highest BCUT2D eigenvalue weighted by Crippen LogP contribution is 2.36. The smallest absolute Gasteiger partial charge is 0.166 e. The van der Waals surface area contributed by atoms with Crippen molar-refractivity contribution in [2.45, 2.75) is 26.4 Å². The number of ether oxygens (including phenoxy) is 1. The normalized spacial score (nSPS) is 18.1. The number of halogens is 1. The average molecular weight is 420 g/mol. The summed E-state index contributed by atoms with van der Waals surface area (Å²) in [5.74, 6) is 0.389. The number of rotatable bonds is 3. The Hall–Kier alpha value is -3.45. The second kappa shape index (κ2) is 8.73.